The van der Waals surface area contributed by atoms with Crippen molar-refractivity contribution in [2.24, 2.45) is 0 Å². The van der Waals surface area contributed by atoms with Gasteiger partial charge in [0, 0.05) is 18.0 Å². The molecule has 16 heavy (non-hydrogen) atoms. The maximum Gasteiger partial charge on any atom is 0.140 e. The lowest BCUT2D eigenvalue weighted by atomic mass is 10.1. The fraction of sp³-hybridized carbons (Fsp3) is 0.0769. The lowest BCUT2D eigenvalue weighted by Crippen LogP contribution is -1.93. The molecule has 0 aliphatic rings. The van der Waals surface area contributed by atoms with Crippen molar-refractivity contribution in [3.8, 4) is 0 Å². The zero-order chi connectivity index (χ0) is 10.8. The van der Waals surface area contributed by atoms with Gasteiger partial charge in [-0.1, -0.05) is 30.3 Å². The number of nitrogens with zero attached hydrogens (tertiary/aromatic N) is 2. The molecule has 0 saturated heterocycles. The van der Waals surface area contributed by atoms with Crippen LogP contribution in [0.25, 0.3) is 11.0 Å². The minimum Gasteiger partial charge on any atom is -0.346 e. The van der Waals surface area contributed by atoms with Crippen molar-refractivity contribution in [2.45, 2.75) is 6.42 Å². The Morgan fingerprint density at radius 2 is 1.88 bits per heavy atom. The van der Waals surface area contributed by atoms with E-state index in [0.717, 1.165) is 23.1 Å². The average molecular weight is 209 g/mol. The van der Waals surface area contributed by atoms with Crippen LogP contribution >= 0.6 is 0 Å². The van der Waals surface area contributed by atoms with Gasteiger partial charge in [-0.05, 0) is 11.6 Å². The van der Waals surface area contributed by atoms with Crippen molar-refractivity contribution in [1.82, 2.24) is 15.0 Å². The fourth-order valence-corrected chi connectivity index (χ4v) is 1.86. The molecule has 3 rings (SSSR count). The third-order valence-electron chi connectivity index (χ3n) is 2.65. The maximum atomic E-state index is 4.34. The Balaban J connectivity index is 2.04. The second-order valence-electron chi connectivity index (χ2n) is 3.72. The van der Waals surface area contributed by atoms with Gasteiger partial charge in [0.15, 0.2) is 0 Å². The van der Waals surface area contributed by atoms with Crippen molar-refractivity contribution >= 4 is 11.0 Å². The molecule has 0 atom stereocenters. The van der Waals surface area contributed by atoms with Crippen LogP contribution < -0.4 is 0 Å². The van der Waals surface area contributed by atoms with Crippen molar-refractivity contribution in [3.05, 3.63) is 60.2 Å². The second-order valence-corrected chi connectivity index (χ2v) is 3.72. The molecule has 2 heterocycles. The van der Waals surface area contributed by atoms with E-state index < -0.39 is 0 Å². The Bertz CT molecular complexity index is 599. The van der Waals surface area contributed by atoms with Crippen LogP contribution in [0.15, 0.2) is 48.9 Å². The molecular weight excluding hydrogens is 198 g/mol. The average Bonchev–Trinajstić information content (AvgIpc) is 2.80. The molecule has 3 nitrogen and oxygen atoms in total. The van der Waals surface area contributed by atoms with Gasteiger partial charge in [-0.15, -0.1) is 0 Å². The Morgan fingerprint density at radius 1 is 1.00 bits per heavy atom. The van der Waals surface area contributed by atoms with Gasteiger partial charge in [-0.25, -0.2) is 9.97 Å². The summed E-state index contributed by atoms with van der Waals surface area (Å²) >= 11 is 0. The third-order valence-corrected chi connectivity index (χ3v) is 2.65. The Hall–Kier alpha value is -2.16. The first kappa shape index (κ1) is 9.09. The van der Waals surface area contributed by atoms with E-state index in [1.54, 1.807) is 6.33 Å². The largest absolute Gasteiger partial charge is 0.346 e. The molecule has 0 saturated carbocycles. The smallest absolute Gasteiger partial charge is 0.140 e. The van der Waals surface area contributed by atoms with Crippen LogP contribution in [-0.2, 0) is 6.42 Å². The molecule has 0 radical (unpaired) electrons. The third kappa shape index (κ3) is 1.56. The molecule has 0 unspecified atom stereocenters. The van der Waals surface area contributed by atoms with Gasteiger partial charge in [0.05, 0.1) is 5.69 Å². The number of aromatic amines is 1. The van der Waals surface area contributed by atoms with Crippen LogP contribution in [0.1, 0.15) is 11.3 Å². The topological polar surface area (TPSA) is 41.6 Å². The number of hydrogen-bond acceptors (Lipinski definition) is 2. The summed E-state index contributed by atoms with van der Waals surface area (Å²) < 4.78 is 0. The summed E-state index contributed by atoms with van der Waals surface area (Å²) in [4.78, 5) is 11.6. The molecule has 3 heteroatoms. The number of nitrogens with one attached hydrogen (secondary N) is 1. The number of fused-ring (bicyclic) bond motifs is 1. The van der Waals surface area contributed by atoms with Crippen LogP contribution in [0.3, 0.4) is 0 Å². The van der Waals surface area contributed by atoms with E-state index >= 15 is 0 Å². The molecule has 3 aromatic rings. The Labute approximate surface area is 93.2 Å². The molecule has 2 aromatic heterocycles. The lowest BCUT2D eigenvalue weighted by molar-refractivity contribution is 1.06. The predicted octanol–water partition coefficient (Wildman–Crippen LogP) is 2.55. The summed E-state index contributed by atoms with van der Waals surface area (Å²) in [6, 6.07) is 12.4. The van der Waals surface area contributed by atoms with Crippen molar-refractivity contribution < 1.29 is 0 Å². The molecule has 0 spiro atoms. The predicted molar refractivity (Wildman–Crippen MR) is 63.1 cm³/mol. The van der Waals surface area contributed by atoms with Gasteiger partial charge in [0.2, 0.25) is 0 Å². The summed E-state index contributed by atoms with van der Waals surface area (Å²) in [5.41, 5.74) is 3.24. The number of benzene rings is 1. The minimum atomic E-state index is 0.845. The lowest BCUT2D eigenvalue weighted by Gasteiger charge is -2.01. The first-order valence-corrected chi connectivity index (χ1v) is 5.24. The summed E-state index contributed by atoms with van der Waals surface area (Å²) in [6.07, 6.45) is 4.35. The van der Waals surface area contributed by atoms with Crippen LogP contribution in [-0.4, -0.2) is 15.0 Å². The molecule has 1 N–H and O–H groups in total. The zero-order valence-corrected chi connectivity index (χ0v) is 8.72. The van der Waals surface area contributed by atoms with Crippen LogP contribution in [0.4, 0.5) is 0 Å². The molecule has 0 aliphatic carbocycles. The quantitative estimate of drug-likeness (QED) is 0.704. The molecule has 0 fully saturated rings. The van der Waals surface area contributed by atoms with Crippen LogP contribution in [0, 0.1) is 0 Å². The molecule has 0 bridgehead atoms. The van der Waals surface area contributed by atoms with Crippen LogP contribution in [0.2, 0.25) is 0 Å². The molecule has 1 aromatic carbocycles. The first-order valence-electron chi connectivity index (χ1n) is 5.24. The van der Waals surface area contributed by atoms with Crippen molar-refractivity contribution in [1.29, 1.82) is 0 Å². The van der Waals surface area contributed by atoms with Gasteiger partial charge in [0.25, 0.3) is 0 Å². The highest BCUT2D eigenvalue weighted by Crippen LogP contribution is 2.16. The number of H-pyrrole nitrogens is 1. The van der Waals surface area contributed by atoms with E-state index in [1.807, 2.05) is 30.5 Å². The second kappa shape index (κ2) is 3.77. The van der Waals surface area contributed by atoms with Gasteiger partial charge < -0.3 is 4.98 Å². The SMILES string of the molecule is c1ccc(Cc2ncnc3[nH]ccc23)cc1. The Morgan fingerprint density at radius 3 is 2.75 bits per heavy atom. The van der Waals surface area contributed by atoms with E-state index in [1.165, 1.54) is 5.56 Å². The molecular formula is C13H11N3. The highest BCUT2D eigenvalue weighted by Gasteiger charge is 2.04. The fourth-order valence-electron chi connectivity index (χ4n) is 1.86. The standard InChI is InChI=1S/C13H11N3/c1-2-4-10(5-3-1)8-12-11-6-7-14-13(11)16-9-15-12/h1-7,9H,8H2,(H,14,15,16). The van der Waals surface area contributed by atoms with Gasteiger partial charge in [-0.3, -0.25) is 0 Å². The van der Waals surface area contributed by atoms with E-state index in [4.69, 9.17) is 0 Å². The summed E-state index contributed by atoms with van der Waals surface area (Å²) in [6.45, 7) is 0. The van der Waals surface area contributed by atoms with Gasteiger partial charge in [0.1, 0.15) is 12.0 Å². The van der Waals surface area contributed by atoms with E-state index in [9.17, 15) is 0 Å². The molecule has 0 amide bonds. The van der Waals surface area contributed by atoms with E-state index in [-0.39, 0.29) is 0 Å². The summed E-state index contributed by atoms with van der Waals surface area (Å²) in [7, 11) is 0. The van der Waals surface area contributed by atoms with E-state index in [2.05, 4.69) is 27.1 Å². The van der Waals surface area contributed by atoms with Gasteiger partial charge in [-0.2, -0.15) is 0 Å². The van der Waals surface area contributed by atoms with Gasteiger partial charge >= 0.3 is 0 Å². The van der Waals surface area contributed by atoms with Crippen molar-refractivity contribution in [2.75, 3.05) is 0 Å². The normalized spacial score (nSPS) is 10.8. The van der Waals surface area contributed by atoms with Crippen molar-refractivity contribution in [3.63, 3.8) is 0 Å². The molecule has 78 valence electrons. The summed E-state index contributed by atoms with van der Waals surface area (Å²) in [5, 5.41) is 1.10. The summed E-state index contributed by atoms with van der Waals surface area (Å²) in [5.74, 6) is 0. The number of hydrogen-bond donors (Lipinski definition) is 1. The highest BCUT2D eigenvalue weighted by molar-refractivity contribution is 5.77. The zero-order valence-electron chi connectivity index (χ0n) is 8.72. The number of rotatable bonds is 2. The minimum absolute atomic E-state index is 0.845. The first-order chi connectivity index (χ1) is 7.93. The monoisotopic (exact) mass is 209 g/mol. The molecule has 0 aliphatic heterocycles. The highest BCUT2D eigenvalue weighted by atomic mass is 14.9. The maximum absolute atomic E-state index is 4.34. The number of aromatic nitrogens is 3. The van der Waals surface area contributed by atoms with E-state index in [0.29, 0.717) is 0 Å². The Kier molecular flexibility index (Phi) is 2.14. The van der Waals surface area contributed by atoms with Crippen LogP contribution in [0.5, 0.6) is 0 Å².